The summed E-state index contributed by atoms with van der Waals surface area (Å²) in [5, 5.41) is 0. The van der Waals surface area contributed by atoms with Gasteiger partial charge in [0, 0.05) is 11.0 Å². The highest BCUT2D eigenvalue weighted by atomic mass is 79.9. The Morgan fingerprint density at radius 2 is 2.09 bits per heavy atom. The Morgan fingerprint density at radius 3 is 2.73 bits per heavy atom. The highest BCUT2D eigenvalue weighted by molar-refractivity contribution is 9.10. The minimum atomic E-state index is 0.585. The van der Waals surface area contributed by atoms with Crippen molar-refractivity contribution < 1.29 is 0 Å². The van der Waals surface area contributed by atoms with Gasteiger partial charge >= 0.3 is 0 Å². The van der Waals surface area contributed by atoms with E-state index in [-0.39, 0.29) is 0 Å². The van der Waals surface area contributed by atoms with Crippen molar-refractivity contribution in [3.05, 3.63) is 40.4 Å². The Hall–Kier alpha value is -0.600. The molecule has 0 fully saturated rings. The first-order valence-electron chi connectivity index (χ1n) is 3.45. The molecule has 1 rings (SSSR count). The average Bonchev–Trinajstić information content (AvgIpc) is 2.03. The van der Waals surface area contributed by atoms with Crippen molar-refractivity contribution in [3.8, 4) is 0 Å². The molecule has 0 heterocycles. The van der Waals surface area contributed by atoms with Gasteiger partial charge in [-0.2, -0.15) is 0 Å². The molecule has 1 nitrogen and oxygen atoms in total. The van der Waals surface area contributed by atoms with Crippen LogP contribution in [-0.4, -0.2) is 6.54 Å². The molecule has 0 spiro atoms. The van der Waals surface area contributed by atoms with E-state index in [0.29, 0.717) is 6.54 Å². The lowest BCUT2D eigenvalue weighted by atomic mass is 10.2. The molecule has 0 aliphatic rings. The van der Waals surface area contributed by atoms with Gasteiger partial charge in [0.1, 0.15) is 0 Å². The van der Waals surface area contributed by atoms with Gasteiger partial charge in [0.15, 0.2) is 0 Å². The van der Waals surface area contributed by atoms with E-state index in [0.717, 1.165) is 10.0 Å². The van der Waals surface area contributed by atoms with Crippen molar-refractivity contribution in [2.75, 3.05) is 6.54 Å². The Bertz CT molecular complexity index is 255. The molecule has 11 heavy (non-hydrogen) atoms. The molecule has 0 amide bonds. The number of nitrogens with two attached hydrogens (primary N) is 1. The number of hydrogen-bond donors (Lipinski definition) is 1. The molecule has 0 aromatic heterocycles. The van der Waals surface area contributed by atoms with Gasteiger partial charge < -0.3 is 5.73 Å². The third-order valence-corrected chi connectivity index (χ3v) is 2.06. The summed E-state index contributed by atoms with van der Waals surface area (Å²) in [4.78, 5) is 0. The first kappa shape index (κ1) is 8.50. The van der Waals surface area contributed by atoms with Gasteiger partial charge in [0.05, 0.1) is 0 Å². The van der Waals surface area contributed by atoms with Crippen LogP contribution in [-0.2, 0) is 0 Å². The monoisotopic (exact) mass is 211 g/mol. The van der Waals surface area contributed by atoms with Gasteiger partial charge in [0.25, 0.3) is 0 Å². The second kappa shape index (κ2) is 4.31. The first-order valence-corrected chi connectivity index (χ1v) is 4.25. The van der Waals surface area contributed by atoms with Crippen LogP contribution < -0.4 is 5.73 Å². The zero-order chi connectivity index (χ0) is 8.10. The third-order valence-electron chi connectivity index (χ3n) is 1.34. The van der Waals surface area contributed by atoms with Crippen LogP contribution in [0.2, 0.25) is 0 Å². The SMILES string of the molecule is NCC=Cc1ccccc1Br. The lowest BCUT2D eigenvalue weighted by Crippen LogP contribution is -1.91. The molecular weight excluding hydrogens is 202 g/mol. The molecule has 0 aliphatic carbocycles. The summed E-state index contributed by atoms with van der Waals surface area (Å²) >= 11 is 3.43. The molecule has 2 N–H and O–H groups in total. The lowest BCUT2D eigenvalue weighted by molar-refractivity contribution is 1.26. The van der Waals surface area contributed by atoms with Crippen molar-refractivity contribution in [2.24, 2.45) is 5.73 Å². The summed E-state index contributed by atoms with van der Waals surface area (Å²) in [6.45, 7) is 0.585. The second-order valence-corrected chi connectivity index (χ2v) is 3.01. The Morgan fingerprint density at radius 1 is 1.36 bits per heavy atom. The minimum Gasteiger partial charge on any atom is -0.327 e. The summed E-state index contributed by atoms with van der Waals surface area (Å²) < 4.78 is 1.10. The van der Waals surface area contributed by atoms with Gasteiger partial charge in [-0.25, -0.2) is 0 Å². The standard InChI is InChI=1S/C9H10BrN/c10-9-6-2-1-4-8(9)5-3-7-11/h1-6H,7,11H2. The largest absolute Gasteiger partial charge is 0.327 e. The van der Waals surface area contributed by atoms with E-state index in [9.17, 15) is 0 Å². The van der Waals surface area contributed by atoms with Crippen LogP contribution in [0.15, 0.2) is 34.8 Å². The maximum atomic E-state index is 5.32. The summed E-state index contributed by atoms with van der Waals surface area (Å²) in [5.41, 5.74) is 6.49. The highest BCUT2D eigenvalue weighted by Gasteiger charge is 1.90. The normalized spacial score (nSPS) is 10.7. The van der Waals surface area contributed by atoms with Gasteiger partial charge in [-0.15, -0.1) is 0 Å². The quantitative estimate of drug-likeness (QED) is 0.800. The fourth-order valence-electron chi connectivity index (χ4n) is 0.805. The topological polar surface area (TPSA) is 26.0 Å². The average molecular weight is 212 g/mol. The van der Waals surface area contributed by atoms with Crippen molar-refractivity contribution in [3.63, 3.8) is 0 Å². The molecule has 0 aliphatic heterocycles. The van der Waals surface area contributed by atoms with Crippen LogP contribution in [0.1, 0.15) is 5.56 Å². The maximum Gasteiger partial charge on any atom is 0.0247 e. The number of hydrogen-bond acceptors (Lipinski definition) is 1. The fourth-order valence-corrected chi connectivity index (χ4v) is 1.22. The van der Waals surface area contributed by atoms with E-state index in [2.05, 4.69) is 15.9 Å². The zero-order valence-electron chi connectivity index (χ0n) is 6.13. The molecule has 2 heteroatoms. The summed E-state index contributed by atoms with van der Waals surface area (Å²) in [7, 11) is 0. The number of benzene rings is 1. The summed E-state index contributed by atoms with van der Waals surface area (Å²) in [6, 6.07) is 8.04. The van der Waals surface area contributed by atoms with Crippen LogP contribution in [0.5, 0.6) is 0 Å². The smallest absolute Gasteiger partial charge is 0.0247 e. The van der Waals surface area contributed by atoms with E-state index < -0.39 is 0 Å². The number of halogens is 1. The fraction of sp³-hybridized carbons (Fsp3) is 0.111. The molecular formula is C9H10BrN. The van der Waals surface area contributed by atoms with E-state index in [1.165, 1.54) is 0 Å². The number of rotatable bonds is 2. The molecule has 1 aromatic rings. The lowest BCUT2D eigenvalue weighted by Gasteiger charge is -1.95. The molecule has 0 atom stereocenters. The van der Waals surface area contributed by atoms with E-state index >= 15 is 0 Å². The van der Waals surface area contributed by atoms with Gasteiger partial charge in [0.2, 0.25) is 0 Å². The predicted molar refractivity (Wildman–Crippen MR) is 52.2 cm³/mol. The van der Waals surface area contributed by atoms with Crippen LogP contribution >= 0.6 is 15.9 Å². The first-order chi connectivity index (χ1) is 5.34. The molecule has 0 unspecified atom stereocenters. The molecule has 1 aromatic carbocycles. The third kappa shape index (κ3) is 2.48. The van der Waals surface area contributed by atoms with Crippen molar-refractivity contribution in [1.29, 1.82) is 0 Å². The molecule has 0 saturated heterocycles. The van der Waals surface area contributed by atoms with Crippen LogP contribution in [0, 0.1) is 0 Å². The van der Waals surface area contributed by atoms with Crippen molar-refractivity contribution >= 4 is 22.0 Å². The molecule has 58 valence electrons. The summed E-state index contributed by atoms with van der Waals surface area (Å²) in [5.74, 6) is 0. The van der Waals surface area contributed by atoms with Gasteiger partial charge in [-0.1, -0.05) is 46.3 Å². The van der Waals surface area contributed by atoms with Crippen LogP contribution in [0.3, 0.4) is 0 Å². The van der Waals surface area contributed by atoms with Gasteiger partial charge in [-0.3, -0.25) is 0 Å². The van der Waals surface area contributed by atoms with Crippen LogP contribution in [0.25, 0.3) is 6.08 Å². The van der Waals surface area contributed by atoms with Crippen LogP contribution in [0.4, 0.5) is 0 Å². The van der Waals surface area contributed by atoms with E-state index in [4.69, 9.17) is 5.73 Å². The van der Waals surface area contributed by atoms with Gasteiger partial charge in [-0.05, 0) is 11.6 Å². The van der Waals surface area contributed by atoms with E-state index in [1.54, 1.807) is 0 Å². The highest BCUT2D eigenvalue weighted by Crippen LogP contribution is 2.16. The molecule has 0 radical (unpaired) electrons. The Kier molecular flexibility index (Phi) is 3.33. The predicted octanol–water partition coefficient (Wildman–Crippen LogP) is 2.42. The van der Waals surface area contributed by atoms with Crippen molar-refractivity contribution in [1.82, 2.24) is 0 Å². The second-order valence-electron chi connectivity index (χ2n) is 2.16. The summed E-state index contributed by atoms with van der Waals surface area (Å²) in [6.07, 6.45) is 3.93. The zero-order valence-corrected chi connectivity index (χ0v) is 7.71. The molecule has 0 bridgehead atoms. The molecule has 0 saturated carbocycles. The maximum absolute atomic E-state index is 5.32. The van der Waals surface area contributed by atoms with E-state index in [1.807, 2.05) is 36.4 Å². The Balaban J connectivity index is 2.86. The Labute approximate surface area is 75.0 Å². The minimum absolute atomic E-state index is 0.585. The van der Waals surface area contributed by atoms with Crippen molar-refractivity contribution in [2.45, 2.75) is 0 Å².